The molecular weight excluding hydrogens is 356 g/mol. The molecule has 0 radical (unpaired) electrons. The van der Waals surface area contributed by atoms with Crippen LogP contribution in [0.25, 0.3) is 10.9 Å². The van der Waals surface area contributed by atoms with Gasteiger partial charge in [0.15, 0.2) is 0 Å². The van der Waals surface area contributed by atoms with Crippen molar-refractivity contribution in [3.05, 3.63) is 62.1 Å². The van der Waals surface area contributed by atoms with E-state index in [1.165, 1.54) is 0 Å². The van der Waals surface area contributed by atoms with E-state index in [2.05, 4.69) is 31.2 Å². The minimum absolute atomic E-state index is 0.0611. The Morgan fingerprint density at radius 3 is 2.83 bits per heavy atom. The van der Waals surface area contributed by atoms with Crippen LogP contribution < -0.4 is 16.6 Å². The Morgan fingerprint density at radius 1 is 1.30 bits per heavy atom. The highest BCUT2D eigenvalue weighted by Crippen LogP contribution is 2.29. The number of halogens is 1. The van der Waals surface area contributed by atoms with Crippen molar-refractivity contribution in [2.24, 2.45) is 0 Å². The predicted octanol–water partition coefficient (Wildman–Crippen LogP) is 3.50. The maximum atomic E-state index is 12.1. The summed E-state index contributed by atoms with van der Waals surface area (Å²) in [5.41, 5.74) is 10.8. The van der Waals surface area contributed by atoms with Crippen LogP contribution in [0.5, 0.6) is 0 Å². The number of nitrogens with zero attached hydrogens (tertiary/aromatic N) is 1. The van der Waals surface area contributed by atoms with Crippen molar-refractivity contribution in [2.45, 2.75) is 20.4 Å². The zero-order chi connectivity index (χ0) is 16.6. The Hall–Kier alpha value is -2.34. The number of aromatic amines is 1. The quantitative estimate of drug-likeness (QED) is 0.614. The highest BCUT2D eigenvalue weighted by molar-refractivity contribution is 9.10. The second kappa shape index (κ2) is 6.04. The van der Waals surface area contributed by atoms with Gasteiger partial charge in [0.25, 0.3) is 5.56 Å². The van der Waals surface area contributed by atoms with E-state index in [0.717, 1.165) is 37.9 Å². The molecule has 4 N–H and O–H groups in total. The normalized spacial score (nSPS) is 10.9. The number of fused-ring (bicyclic) bond motifs is 1. The number of rotatable bonds is 3. The number of hydrogen-bond donors (Lipinski definition) is 3. The zero-order valence-electron chi connectivity index (χ0n) is 12.9. The van der Waals surface area contributed by atoms with Crippen LogP contribution in [0.15, 0.2) is 39.7 Å². The van der Waals surface area contributed by atoms with E-state index in [1.54, 1.807) is 6.20 Å². The van der Waals surface area contributed by atoms with E-state index in [9.17, 15) is 4.79 Å². The summed E-state index contributed by atoms with van der Waals surface area (Å²) in [6.45, 7) is 4.26. The van der Waals surface area contributed by atoms with E-state index in [-0.39, 0.29) is 5.56 Å². The maximum absolute atomic E-state index is 12.1. The van der Waals surface area contributed by atoms with Gasteiger partial charge in [-0.2, -0.15) is 0 Å². The number of nitrogens with two attached hydrogens (primary N) is 1. The molecule has 118 valence electrons. The summed E-state index contributed by atoms with van der Waals surface area (Å²) in [4.78, 5) is 19.3. The molecule has 0 unspecified atom stereocenters. The number of H-pyrrole nitrogens is 1. The van der Waals surface area contributed by atoms with Crippen LogP contribution in [-0.4, -0.2) is 9.97 Å². The molecular formula is C17H17BrN4O. The zero-order valence-corrected chi connectivity index (χ0v) is 14.5. The Kier molecular flexibility index (Phi) is 4.09. The van der Waals surface area contributed by atoms with E-state index in [0.29, 0.717) is 12.2 Å². The van der Waals surface area contributed by atoms with Crippen molar-refractivity contribution in [1.29, 1.82) is 0 Å². The summed E-state index contributed by atoms with van der Waals surface area (Å²) in [6.07, 6.45) is 1.71. The highest BCUT2D eigenvalue weighted by Gasteiger charge is 2.09. The first-order valence-corrected chi connectivity index (χ1v) is 8.02. The molecule has 3 rings (SSSR count). The van der Waals surface area contributed by atoms with E-state index < -0.39 is 0 Å². The van der Waals surface area contributed by atoms with Crippen molar-refractivity contribution in [3.8, 4) is 0 Å². The Labute approximate surface area is 142 Å². The molecule has 0 saturated heterocycles. The second-order valence-electron chi connectivity index (χ2n) is 5.55. The molecule has 6 heteroatoms. The third-order valence-electron chi connectivity index (χ3n) is 3.79. The lowest BCUT2D eigenvalue weighted by Gasteiger charge is -2.12. The molecule has 0 bridgehead atoms. The standard InChI is InChI=1S/C17H17BrN4O/c1-9-5-10(2)22-17(23)13(9)8-21-15-3-4-20-16-12(15)6-11(18)7-14(16)19/h3-7H,8,19H2,1-2H3,(H,20,21)(H,22,23). The fourth-order valence-corrected chi connectivity index (χ4v) is 3.16. The van der Waals surface area contributed by atoms with Crippen LogP contribution in [0.3, 0.4) is 0 Å². The average molecular weight is 373 g/mol. The minimum Gasteiger partial charge on any atom is -0.397 e. The first-order chi connectivity index (χ1) is 11.0. The Balaban J connectivity index is 1.99. The molecule has 3 aromatic rings. The maximum Gasteiger partial charge on any atom is 0.253 e. The van der Waals surface area contributed by atoms with Crippen molar-refractivity contribution in [1.82, 2.24) is 9.97 Å². The van der Waals surface area contributed by atoms with Gasteiger partial charge in [0.1, 0.15) is 0 Å². The second-order valence-corrected chi connectivity index (χ2v) is 6.46. The summed E-state index contributed by atoms with van der Waals surface area (Å²) in [7, 11) is 0. The van der Waals surface area contributed by atoms with Gasteiger partial charge in [-0.05, 0) is 43.7 Å². The number of aromatic nitrogens is 2. The first kappa shape index (κ1) is 15.6. The summed E-state index contributed by atoms with van der Waals surface area (Å²) < 4.78 is 0.892. The van der Waals surface area contributed by atoms with E-state index in [1.807, 2.05) is 38.1 Å². The summed E-state index contributed by atoms with van der Waals surface area (Å²) in [6, 6.07) is 7.64. The molecule has 0 amide bonds. The van der Waals surface area contributed by atoms with Crippen molar-refractivity contribution >= 4 is 38.2 Å². The molecule has 0 spiro atoms. The molecule has 23 heavy (non-hydrogen) atoms. The number of hydrogen-bond acceptors (Lipinski definition) is 4. The molecule has 0 saturated carbocycles. The molecule has 0 aliphatic carbocycles. The molecule has 0 atom stereocenters. The number of nitrogens with one attached hydrogen (secondary N) is 2. The predicted molar refractivity (Wildman–Crippen MR) is 97.7 cm³/mol. The van der Waals surface area contributed by atoms with Gasteiger partial charge < -0.3 is 16.0 Å². The molecule has 5 nitrogen and oxygen atoms in total. The van der Waals surface area contributed by atoms with Crippen molar-refractivity contribution < 1.29 is 0 Å². The molecule has 1 aromatic carbocycles. The lowest BCUT2D eigenvalue weighted by Crippen LogP contribution is -2.18. The molecule has 0 aliphatic heterocycles. The molecule has 0 fully saturated rings. The number of aryl methyl sites for hydroxylation is 2. The van der Waals surface area contributed by atoms with Crippen LogP contribution in [-0.2, 0) is 6.54 Å². The lowest BCUT2D eigenvalue weighted by atomic mass is 10.1. The van der Waals surface area contributed by atoms with Crippen LogP contribution in [0.1, 0.15) is 16.8 Å². The topological polar surface area (TPSA) is 83.8 Å². The van der Waals surface area contributed by atoms with Gasteiger partial charge in [-0.25, -0.2) is 0 Å². The Morgan fingerprint density at radius 2 is 2.09 bits per heavy atom. The first-order valence-electron chi connectivity index (χ1n) is 7.22. The monoisotopic (exact) mass is 372 g/mol. The van der Waals surface area contributed by atoms with Gasteiger partial charge in [0, 0.05) is 39.5 Å². The third kappa shape index (κ3) is 3.07. The summed E-state index contributed by atoms with van der Waals surface area (Å²) >= 11 is 3.45. The van der Waals surface area contributed by atoms with Crippen molar-refractivity contribution in [2.75, 3.05) is 11.1 Å². The largest absolute Gasteiger partial charge is 0.397 e. The smallest absolute Gasteiger partial charge is 0.253 e. The van der Waals surface area contributed by atoms with Gasteiger partial charge >= 0.3 is 0 Å². The third-order valence-corrected chi connectivity index (χ3v) is 4.25. The fourth-order valence-electron chi connectivity index (χ4n) is 2.68. The van der Waals surface area contributed by atoms with Gasteiger partial charge in [-0.3, -0.25) is 9.78 Å². The van der Waals surface area contributed by atoms with Gasteiger partial charge in [0.2, 0.25) is 0 Å². The lowest BCUT2D eigenvalue weighted by molar-refractivity contribution is 1.01. The van der Waals surface area contributed by atoms with Crippen LogP contribution in [0.2, 0.25) is 0 Å². The molecule has 0 aliphatic rings. The number of benzene rings is 1. The SMILES string of the molecule is Cc1cc(C)c(CNc2ccnc3c(N)cc(Br)cc23)c(=O)[nH]1. The highest BCUT2D eigenvalue weighted by atomic mass is 79.9. The summed E-state index contributed by atoms with van der Waals surface area (Å²) in [5.74, 6) is 0. The average Bonchev–Trinajstić information content (AvgIpc) is 2.46. The number of pyridine rings is 2. The number of anilines is 2. The Bertz CT molecular complexity index is 949. The van der Waals surface area contributed by atoms with E-state index >= 15 is 0 Å². The van der Waals surface area contributed by atoms with Gasteiger partial charge in [0.05, 0.1) is 11.2 Å². The molecule has 2 heterocycles. The van der Waals surface area contributed by atoms with Crippen LogP contribution in [0, 0.1) is 13.8 Å². The minimum atomic E-state index is -0.0611. The summed E-state index contributed by atoms with van der Waals surface area (Å²) in [5, 5.41) is 4.24. The van der Waals surface area contributed by atoms with Gasteiger partial charge in [-0.1, -0.05) is 15.9 Å². The van der Waals surface area contributed by atoms with Crippen LogP contribution in [0.4, 0.5) is 11.4 Å². The number of nitrogen functional groups attached to an aromatic ring is 1. The van der Waals surface area contributed by atoms with Crippen LogP contribution >= 0.6 is 15.9 Å². The van der Waals surface area contributed by atoms with Crippen molar-refractivity contribution in [3.63, 3.8) is 0 Å². The fraction of sp³-hybridized carbons (Fsp3) is 0.176. The van der Waals surface area contributed by atoms with E-state index in [4.69, 9.17) is 5.73 Å². The molecule has 2 aromatic heterocycles. The van der Waals surface area contributed by atoms with Gasteiger partial charge in [-0.15, -0.1) is 0 Å².